The molecule has 0 aliphatic heterocycles. The van der Waals surface area contributed by atoms with Gasteiger partial charge in [-0.25, -0.2) is 0 Å². The van der Waals surface area contributed by atoms with Crippen LogP contribution in [-0.2, 0) is 0 Å². The number of rotatable bonds is 8. The normalized spacial score (nSPS) is 11.7. The van der Waals surface area contributed by atoms with Gasteiger partial charge in [-0.2, -0.15) is 0 Å². The largest absolute Gasteiger partial charge is 0.494 e. The van der Waals surface area contributed by atoms with Crippen molar-refractivity contribution in [3.63, 3.8) is 0 Å². The molecule has 34 heavy (non-hydrogen) atoms. The van der Waals surface area contributed by atoms with Crippen molar-refractivity contribution in [3.8, 4) is 5.75 Å². The summed E-state index contributed by atoms with van der Waals surface area (Å²) in [4.78, 5) is 25.0. The molecule has 3 aromatic carbocycles. The molecule has 0 fully saturated rings. The molecular formula is C27H24N2O4S. The van der Waals surface area contributed by atoms with Gasteiger partial charge >= 0.3 is 0 Å². The van der Waals surface area contributed by atoms with E-state index in [0.717, 1.165) is 6.42 Å². The maximum absolute atomic E-state index is 12.7. The second-order valence-electron chi connectivity index (χ2n) is 7.98. The van der Waals surface area contributed by atoms with Crippen LogP contribution in [-0.4, -0.2) is 17.5 Å². The smallest absolute Gasteiger partial charge is 0.255 e. The molecular weight excluding hydrogens is 448 g/mol. The monoisotopic (exact) mass is 472 g/mol. The topological polar surface area (TPSA) is 94.6 Å². The summed E-state index contributed by atoms with van der Waals surface area (Å²) in [5, 5.41) is 3.13. The molecule has 0 aliphatic carbocycles. The fraction of sp³-hybridized carbons (Fsp3) is 0.148. The second-order valence-corrected chi connectivity index (χ2v) is 8.42. The first-order valence-corrected chi connectivity index (χ1v) is 11.3. The fourth-order valence-electron chi connectivity index (χ4n) is 3.56. The van der Waals surface area contributed by atoms with Crippen LogP contribution in [0.2, 0.25) is 0 Å². The lowest BCUT2D eigenvalue weighted by atomic mass is 9.98. The maximum atomic E-state index is 12.7. The molecule has 1 heterocycles. The van der Waals surface area contributed by atoms with Crippen LogP contribution < -0.4 is 21.2 Å². The molecule has 0 saturated heterocycles. The molecule has 1 unspecified atom stereocenters. The van der Waals surface area contributed by atoms with Gasteiger partial charge in [0.25, 0.3) is 5.91 Å². The van der Waals surface area contributed by atoms with Crippen molar-refractivity contribution >= 4 is 39.8 Å². The average Bonchev–Trinajstić information content (AvgIpc) is 2.85. The van der Waals surface area contributed by atoms with E-state index >= 15 is 0 Å². The Hall–Kier alpha value is -3.97. The van der Waals surface area contributed by atoms with E-state index < -0.39 is 0 Å². The number of anilines is 1. The number of fused-ring (bicyclic) bond motifs is 1. The first-order valence-electron chi connectivity index (χ1n) is 10.9. The average molecular weight is 473 g/mol. The van der Waals surface area contributed by atoms with Crippen molar-refractivity contribution in [2.75, 3.05) is 11.9 Å². The molecule has 1 aromatic heterocycles. The molecule has 0 bridgehead atoms. The summed E-state index contributed by atoms with van der Waals surface area (Å²) in [6, 6.07) is 23.3. The van der Waals surface area contributed by atoms with Crippen molar-refractivity contribution in [1.82, 2.24) is 0 Å². The Labute approximate surface area is 202 Å². The van der Waals surface area contributed by atoms with E-state index in [0.29, 0.717) is 40.5 Å². The van der Waals surface area contributed by atoms with Gasteiger partial charge in [0.1, 0.15) is 16.3 Å². The van der Waals surface area contributed by atoms with Gasteiger partial charge in [0, 0.05) is 17.3 Å². The summed E-state index contributed by atoms with van der Waals surface area (Å²) in [5.74, 6) is 0.955. The standard InChI is InChI=1S/C27H24N2O4S/c1-17(18-5-3-2-4-6-18)13-14-32-21-10-7-19(8-11-21)27(31)29-20-9-12-24-22(15-20)23(30)16-25(33-24)26(28)34/h2-12,15-17H,13-14H2,1H3,(H2,28,34)(H,29,31). The highest BCUT2D eigenvalue weighted by atomic mass is 32.1. The number of thiocarbonyl (C=S) groups is 1. The summed E-state index contributed by atoms with van der Waals surface area (Å²) in [5.41, 5.74) is 7.83. The molecule has 1 amide bonds. The third-order valence-corrected chi connectivity index (χ3v) is 5.73. The molecule has 0 aliphatic rings. The minimum absolute atomic E-state index is 0.00881. The van der Waals surface area contributed by atoms with Crippen LogP contribution in [0.4, 0.5) is 5.69 Å². The number of carbonyl (C=O) groups excluding carboxylic acids is 1. The Morgan fingerprint density at radius 2 is 1.79 bits per heavy atom. The maximum Gasteiger partial charge on any atom is 0.255 e. The number of hydrogen-bond acceptors (Lipinski definition) is 5. The number of amides is 1. The van der Waals surface area contributed by atoms with Gasteiger partial charge in [0.15, 0.2) is 11.2 Å². The quantitative estimate of drug-likeness (QED) is 0.340. The third kappa shape index (κ3) is 5.50. The van der Waals surface area contributed by atoms with E-state index in [2.05, 4.69) is 24.4 Å². The van der Waals surface area contributed by atoms with E-state index in [-0.39, 0.29) is 22.1 Å². The number of nitrogens with one attached hydrogen (secondary N) is 1. The Morgan fingerprint density at radius 3 is 2.50 bits per heavy atom. The van der Waals surface area contributed by atoms with Crippen molar-refractivity contribution < 1.29 is 13.9 Å². The first kappa shape index (κ1) is 23.2. The third-order valence-electron chi connectivity index (χ3n) is 5.53. The molecule has 0 saturated carbocycles. The summed E-state index contributed by atoms with van der Waals surface area (Å²) in [6.45, 7) is 2.76. The second kappa shape index (κ2) is 10.3. The van der Waals surface area contributed by atoms with Gasteiger partial charge in [0.05, 0.1) is 12.0 Å². The molecule has 3 N–H and O–H groups in total. The molecule has 4 aromatic rings. The summed E-state index contributed by atoms with van der Waals surface area (Å²) >= 11 is 4.86. The summed E-state index contributed by atoms with van der Waals surface area (Å²) in [6.07, 6.45) is 0.890. The van der Waals surface area contributed by atoms with Gasteiger partial charge in [-0.05, 0) is 60.4 Å². The van der Waals surface area contributed by atoms with E-state index in [1.807, 2.05) is 18.2 Å². The van der Waals surface area contributed by atoms with Crippen molar-refractivity contribution in [2.24, 2.45) is 5.73 Å². The lowest BCUT2D eigenvalue weighted by molar-refractivity contribution is 0.102. The zero-order valence-corrected chi connectivity index (χ0v) is 19.4. The lowest BCUT2D eigenvalue weighted by Crippen LogP contribution is -2.14. The van der Waals surface area contributed by atoms with Crippen LogP contribution in [0.15, 0.2) is 88.1 Å². The van der Waals surface area contributed by atoms with Gasteiger partial charge < -0.3 is 20.2 Å². The van der Waals surface area contributed by atoms with Gasteiger partial charge in [-0.3, -0.25) is 9.59 Å². The Bertz CT molecular complexity index is 1380. The number of hydrogen-bond donors (Lipinski definition) is 2. The van der Waals surface area contributed by atoms with Crippen LogP contribution in [0.5, 0.6) is 5.75 Å². The predicted molar refractivity (Wildman–Crippen MR) is 138 cm³/mol. The molecule has 0 spiro atoms. The first-order chi connectivity index (χ1) is 16.4. The fourth-order valence-corrected chi connectivity index (χ4v) is 3.66. The number of nitrogens with two attached hydrogens (primary N) is 1. The van der Waals surface area contributed by atoms with E-state index in [4.69, 9.17) is 27.1 Å². The molecule has 1 atom stereocenters. The highest BCUT2D eigenvalue weighted by Crippen LogP contribution is 2.21. The molecule has 7 heteroatoms. The van der Waals surface area contributed by atoms with Crippen LogP contribution in [0.25, 0.3) is 11.0 Å². The SMILES string of the molecule is CC(CCOc1ccc(C(=O)Nc2ccc3oc(C(N)=S)cc(=O)c3c2)cc1)c1ccccc1. The van der Waals surface area contributed by atoms with E-state index in [1.54, 1.807) is 42.5 Å². The minimum atomic E-state index is -0.298. The van der Waals surface area contributed by atoms with E-state index in [1.165, 1.54) is 11.6 Å². The van der Waals surface area contributed by atoms with E-state index in [9.17, 15) is 9.59 Å². The predicted octanol–water partition coefficient (Wildman–Crippen LogP) is 5.25. The zero-order chi connectivity index (χ0) is 24.1. The van der Waals surface area contributed by atoms with Crippen molar-refractivity contribution in [1.29, 1.82) is 0 Å². The number of ether oxygens (including phenoxy) is 1. The van der Waals surface area contributed by atoms with Crippen LogP contribution >= 0.6 is 12.2 Å². The van der Waals surface area contributed by atoms with Gasteiger partial charge in [-0.1, -0.05) is 49.5 Å². The van der Waals surface area contributed by atoms with Crippen LogP contribution in [0.3, 0.4) is 0 Å². The lowest BCUT2D eigenvalue weighted by Gasteiger charge is -2.13. The van der Waals surface area contributed by atoms with Gasteiger partial charge in [0.2, 0.25) is 0 Å². The summed E-state index contributed by atoms with van der Waals surface area (Å²) in [7, 11) is 0. The Kier molecular flexibility index (Phi) is 7.04. The number of benzene rings is 3. The summed E-state index contributed by atoms with van der Waals surface area (Å²) < 4.78 is 11.4. The van der Waals surface area contributed by atoms with Crippen LogP contribution in [0.1, 0.15) is 40.9 Å². The van der Waals surface area contributed by atoms with Crippen molar-refractivity contribution in [2.45, 2.75) is 19.3 Å². The van der Waals surface area contributed by atoms with Gasteiger partial charge in [-0.15, -0.1) is 0 Å². The highest BCUT2D eigenvalue weighted by Gasteiger charge is 2.11. The molecule has 4 rings (SSSR count). The van der Waals surface area contributed by atoms with Crippen molar-refractivity contribution in [3.05, 3.63) is 106 Å². The number of carbonyl (C=O) groups is 1. The minimum Gasteiger partial charge on any atom is -0.494 e. The highest BCUT2D eigenvalue weighted by molar-refractivity contribution is 7.80. The Morgan fingerprint density at radius 1 is 1.06 bits per heavy atom. The molecule has 172 valence electrons. The Balaban J connectivity index is 1.36. The molecule has 6 nitrogen and oxygen atoms in total. The molecule has 0 radical (unpaired) electrons. The zero-order valence-electron chi connectivity index (χ0n) is 18.6. The van der Waals surface area contributed by atoms with Crippen LogP contribution in [0, 0.1) is 0 Å².